The van der Waals surface area contributed by atoms with Crippen LogP contribution < -0.4 is 10.6 Å². The standard InChI is InChI=1S/C17H13F3N6O/c1-3-12-13-14(21-9-22-15(13)25-26(12)4-2)24-16(27)23-11-7-5-6-10(8-11)17(18,19)20/h3-9H,1-2H2,(H2,21,22,23,24,25,27). The molecule has 3 rings (SSSR count). The first-order chi connectivity index (χ1) is 12.8. The van der Waals surface area contributed by atoms with Crippen molar-refractivity contribution in [2.75, 3.05) is 10.6 Å². The number of hydrogen-bond donors (Lipinski definition) is 2. The Hall–Kier alpha value is -3.69. The van der Waals surface area contributed by atoms with Gasteiger partial charge in [-0.05, 0) is 24.3 Å². The van der Waals surface area contributed by atoms with E-state index in [1.807, 2.05) is 0 Å². The third kappa shape index (κ3) is 3.64. The lowest BCUT2D eigenvalue weighted by Gasteiger charge is -2.11. The summed E-state index contributed by atoms with van der Waals surface area (Å²) < 4.78 is 39.7. The molecule has 1 aromatic carbocycles. The van der Waals surface area contributed by atoms with Gasteiger partial charge in [-0.1, -0.05) is 19.2 Å². The predicted octanol–water partition coefficient (Wildman–Crippen LogP) is 4.23. The van der Waals surface area contributed by atoms with Crippen molar-refractivity contribution >= 4 is 40.8 Å². The number of aromatic nitrogens is 4. The van der Waals surface area contributed by atoms with E-state index in [2.05, 4.69) is 38.9 Å². The first-order valence-corrected chi connectivity index (χ1v) is 7.57. The Morgan fingerprint density at radius 1 is 1.19 bits per heavy atom. The van der Waals surface area contributed by atoms with Gasteiger partial charge in [0.05, 0.1) is 16.6 Å². The molecule has 2 aromatic heterocycles. The van der Waals surface area contributed by atoms with Crippen molar-refractivity contribution in [3.05, 3.63) is 55.0 Å². The van der Waals surface area contributed by atoms with Crippen LogP contribution in [0.5, 0.6) is 0 Å². The Morgan fingerprint density at radius 3 is 2.63 bits per heavy atom. The molecule has 0 spiro atoms. The molecule has 0 fully saturated rings. The molecule has 0 aliphatic heterocycles. The van der Waals surface area contributed by atoms with E-state index in [1.165, 1.54) is 35.4 Å². The maximum Gasteiger partial charge on any atom is 0.416 e. The van der Waals surface area contributed by atoms with Crippen molar-refractivity contribution in [2.24, 2.45) is 0 Å². The minimum Gasteiger partial charge on any atom is -0.308 e. The highest BCUT2D eigenvalue weighted by molar-refractivity contribution is 6.05. The van der Waals surface area contributed by atoms with E-state index in [0.29, 0.717) is 16.7 Å². The van der Waals surface area contributed by atoms with E-state index in [-0.39, 0.29) is 11.5 Å². The van der Waals surface area contributed by atoms with Gasteiger partial charge in [-0.3, -0.25) is 5.32 Å². The average molecular weight is 374 g/mol. The fraction of sp³-hybridized carbons (Fsp3) is 0.0588. The van der Waals surface area contributed by atoms with Gasteiger partial charge in [0.15, 0.2) is 5.65 Å². The van der Waals surface area contributed by atoms with Gasteiger partial charge in [0, 0.05) is 11.9 Å². The summed E-state index contributed by atoms with van der Waals surface area (Å²) in [5.41, 5.74) is -0.0755. The summed E-state index contributed by atoms with van der Waals surface area (Å²) in [7, 11) is 0. The third-order valence-corrected chi connectivity index (χ3v) is 3.58. The number of carbonyl (C=O) groups is 1. The largest absolute Gasteiger partial charge is 0.416 e. The third-order valence-electron chi connectivity index (χ3n) is 3.58. The lowest BCUT2D eigenvalue weighted by molar-refractivity contribution is -0.137. The van der Waals surface area contributed by atoms with Crippen LogP contribution in [-0.4, -0.2) is 25.8 Å². The summed E-state index contributed by atoms with van der Waals surface area (Å²) in [4.78, 5) is 20.2. The topological polar surface area (TPSA) is 84.7 Å². The zero-order valence-corrected chi connectivity index (χ0v) is 13.8. The number of nitrogens with one attached hydrogen (secondary N) is 2. The number of halogens is 3. The van der Waals surface area contributed by atoms with Crippen LogP contribution in [0.15, 0.2) is 43.8 Å². The Balaban J connectivity index is 1.88. The number of urea groups is 1. The Labute approximate surface area is 151 Å². The van der Waals surface area contributed by atoms with Gasteiger partial charge in [-0.2, -0.15) is 13.2 Å². The summed E-state index contributed by atoms with van der Waals surface area (Å²) in [6, 6.07) is 3.52. The summed E-state index contributed by atoms with van der Waals surface area (Å²) in [6.45, 7) is 7.31. The van der Waals surface area contributed by atoms with E-state index >= 15 is 0 Å². The summed E-state index contributed by atoms with van der Waals surface area (Å²) in [5, 5.41) is 9.42. The summed E-state index contributed by atoms with van der Waals surface area (Å²) >= 11 is 0. The van der Waals surface area contributed by atoms with Gasteiger partial charge in [0.25, 0.3) is 0 Å². The molecular formula is C17H13F3N6O. The van der Waals surface area contributed by atoms with Crippen molar-refractivity contribution in [3.8, 4) is 0 Å². The minimum absolute atomic E-state index is 0.0154. The monoisotopic (exact) mass is 374 g/mol. The van der Waals surface area contributed by atoms with Gasteiger partial charge in [0.1, 0.15) is 12.1 Å². The number of alkyl halides is 3. The number of carbonyl (C=O) groups excluding carboxylic acids is 1. The lowest BCUT2D eigenvalue weighted by Crippen LogP contribution is -2.20. The molecule has 0 atom stereocenters. The van der Waals surface area contributed by atoms with Crippen LogP contribution in [0, 0.1) is 0 Å². The van der Waals surface area contributed by atoms with Crippen molar-refractivity contribution in [1.82, 2.24) is 19.7 Å². The Bertz CT molecular complexity index is 1040. The highest BCUT2D eigenvalue weighted by Crippen LogP contribution is 2.31. The van der Waals surface area contributed by atoms with Gasteiger partial charge < -0.3 is 5.32 Å². The lowest BCUT2D eigenvalue weighted by atomic mass is 10.2. The van der Waals surface area contributed by atoms with Crippen molar-refractivity contribution in [3.63, 3.8) is 0 Å². The van der Waals surface area contributed by atoms with Crippen LogP contribution in [0.3, 0.4) is 0 Å². The molecule has 10 heteroatoms. The van der Waals surface area contributed by atoms with Gasteiger partial charge in [-0.25, -0.2) is 19.4 Å². The zero-order chi connectivity index (χ0) is 19.6. The molecule has 138 valence electrons. The normalized spacial score (nSPS) is 11.2. The van der Waals surface area contributed by atoms with Crippen LogP contribution in [0.25, 0.3) is 23.3 Å². The quantitative estimate of drug-likeness (QED) is 0.716. The summed E-state index contributed by atoms with van der Waals surface area (Å²) in [6.07, 6.45) is -0.373. The predicted molar refractivity (Wildman–Crippen MR) is 95.9 cm³/mol. The molecule has 7 nitrogen and oxygen atoms in total. The van der Waals surface area contributed by atoms with E-state index < -0.39 is 17.8 Å². The van der Waals surface area contributed by atoms with Crippen molar-refractivity contribution in [1.29, 1.82) is 0 Å². The van der Waals surface area contributed by atoms with Gasteiger partial charge in [-0.15, -0.1) is 5.10 Å². The smallest absolute Gasteiger partial charge is 0.308 e. The fourth-order valence-electron chi connectivity index (χ4n) is 2.43. The molecule has 2 amide bonds. The van der Waals surface area contributed by atoms with Crippen LogP contribution in [0.4, 0.5) is 29.5 Å². The van der Waals surface area contributed by atoms with Crippen LogP contribution in [-0.2, 0) is 6.18 Å². The molecule has 0 saturated heterocycles. The molecule has 0 aliphatic carbocycles. The van der Waals surface area contributed by atoms with Crippen LogP contribution >= 0.6 is 0 Å². The maximum absolute atomic E-state index is 12.8. The molecule has 0 unspecified atom stereocenters. The molecule has 2 heterocycles. The second-order valence-electron chi connectivity index (χ2n) is 5.30. The SMILES string of the molecule is C=Cc1c2c(NC(=O)Nc3cccc(C(F)(F)F)c3)ncnc2nn1C=C. The van der Waals surface area contributed by atoms with E-state index in [0.717, 1.165) is 12.1 Å². The number of fused-ring (bicyclic) bond motifs is 1. The Kier molecular flexibility index (Phi) is 4.63. The molecule has 0 saturated carbocycles. The molecule has 0 radical (unpaired) electrons. The number of anilines is 2. The zero-order valence-electron chi connectivity index (χ0n) is 13.8. The van der Waals surface area contributed by atoms with Gasteiger partial charge >= 0.3 is 12.2 Å². The molecule has 27 heavy (non-hydrogen) atoms. The number of nitrogens with zero attached hydrogens (tertiary/aromatic N) is 4. The molecular weight excluding hydrogens is 361 g/mol. The summed E-state index contributed by atoms with van der Waals surface area (Å²) in [5.74, 6) is 0.132. The first-order valence-electron chi connectivity index (χ1n) is 7.57. The average Bonchev–Trinajstić information content (AvgIpc) is 3.00. The number of benzene rings is 1. The second-order valence-corrected chi connectivity index (χ2v) is 5.30. The number of amides is 2. The van der Waals surface area contributed by atoms with Crippen LogP contribution in [0.2, 0.25) is 0 Å². The van der Waals surface area contributed by atoms with E-state index in [9.17, 15) is 18.0 Å². The molecule has 0 bridgehead atoms. The molecule has 0 aliphatic rings. The highest BCUT2D eigenvalue weighted by atomic mass is 19.4. The number of hydrogen-bond acceptors (Lipinski definition) is 4. The molecule has 2 N–H and O–H groups in total. The number of rotatable bonds is 4. The van der Waals surface area contributed by atoms with Gasteiger partial charge in [0.2, 0.25) is 0 Å². The van der Waals surface area contributed by atoms with E-state index in [1.54, 1.807) is 0 Å². The Morgan fingerprint density at radius 2 is 1.96 bits per heavy atom. The van der Waals surface area contributed by atoms with Crippen molar-refractivity contribution < 1.29 is 18.0 Å². The van der Waals surface area contributed by atoms with E-state index in [4.69, 9.17) is 0 Å². The highest BCUT2D eigenvalue weighted by Gasteiger charge is 2.30. The molecule has 3 aromatic rings. The second kappa shape index (κ2) is 6.90. The minimum atomic E-state index is -4.51. The first kappa shape index (κ1) is 18.1. The van der Waals surface area contributed by atoms with Crippen LogP contribution in [0.1, 0.15) is 11.3 Å². The fourth-order valence-corrected chi connectivity index (χ4v) is 2.43. The maximum atomic E-state index is 12.8. The van der Waals surface area contributed by atoms with Crippen molar-refractivity contribution in [2.45, 2.75) is 6.18 Å².